The minimum absolute atomic E-state index is 0.107. The molecule has 0 saturated carbocycles. The van der Waals surface area contributed by atoms with Crippen molar-refractivity contribution in [2.24, 2.45) is 0 Å². The summed E-state index contributed by atoms with van der Waals surface area (Å²) in [5.41, 5.74) is 1.40. The topological polar surface area (TPSA) is 39.7 Å². The molecule has 2 aromatic rings. The van der Waals surface area contributed by atoms with Gasteiger partial charge in [0.25, 0.3) is 0 Å². The highest BCUT2D eigenvalue weighted by Crippen LogP contribution is 2.34. The lowest BCUT2D eigenvalue weighted by Crippen LogP contribution is -2.25. The van der Waals surface area contributed by atoms with E-state index in [4.69, 9.17) is 25.8 Å². The van der Waals surface area contributed by atoms with Crippen molar-refractivity contribution in [2.75, 3.05) is 20.3 Å². The van der Waals surface area contributed by atoms with Crippen LogP contribution in [0, 0.1) is 5.82 Å². The van der Waals surface area contributed by atoms with E-state index in [1.165, 1.54) is 6.07 Å². The first kappa shape index (κ1) is 19.0. The Morgan fingerprint density at radius 2 is 2.08 bits per heavy atom. The van der Waals surface area contributed by atoms with Crippen molar-refractivity contribution in [3.63, 3.8) is 0 Å². The van der Waals surface area contributed by atoms with E-state index in [9.17, 15) is 4.39 Å². The molecule has 140 valence electrons. The minimum atomic E-state index is -0.299. The van der Waals surface area contributed by atoms with Crippen LogP contribution in [0.1, 0.15) is 24.0 Å². The summed E-state index contributed by atoms with van der Waals surface area (Å²) in [6, 6.07) is 10.1. The van der Waals surface area contributed by atoms with E-state index < -0.39 is 0 Å². The summed E-state index contributed by atoms with van der Waals surface area (Å²) in [6.07, 6.45) is 2.49. The molecule has 3 rings (SSSR count). The second-order valence-corrected chi connectivity index (χ2v) is 6.65. The van der Waals surface area contributed by atoms with Gasteiger partial charge in [-0.15, -0.1) is 0 Å². The summed E-state index contributed by atoms with van der Waals surface area (Å²) in [6.45, 7) is 2.36. The number of hydrogen-bond donors (Lipinski definition) is 1. The maximum absolute atomic E-state index is 13.7. The number of nitrogens with one attached hydrogen (secondary N) is 1. The monoisotopic (exact) mass is 379 g/mol. The summed E-state index contributed by atoms with van der Waals surface area (Å²) in [5, 5.41) is 3.94. The van der Waals surface area contributed by atoms with Gasteiger partial charge in [-0.05, 0) is 30.5 Å². The minimum Gasteiger partial charge on any atom is -0.493 e. The van der Waals surface area contributed by atoms with Gasteiger partial charge in [0.2, 0.25) is 0 Å². The van der Waals surface area contributed by atoms with E-state index in [0.717, 1.165) is 31.6 Å². The zero-order chi connectivity index (χ0) is 18.4. The van der Waals surface area contributed by atoms with Crippen LogP contribution in [0.3, 0.4) is 0 Å². The Morgan fingerprint density at radius 3 is 2.81 bits per heavy atom. The van der Waals surface area contributed by atoms with Gasteiger partial charge in [-0.1, -0.05) is 29.8 Å². The number of benzene rings is 2. The fourth-order valence-corrected chi connectivity index (χ4v) is 3.15. The van der Waals surface area contributed by atoms with E-state index >= 15 is 0 Å². The van der Waals surface area contributed by atoms with Gasteiger partial charge < -0.3 is 19.5 Å². The molecule has 0 radical (unpaired) electrons. The number of methoxy groups -OCH3 is 1. The normalized spacial score (nSPS) is 16.7. The van der Waals surface area contributed by atoms with Crippen LogP contribution >= 0.6 is 11.6 Å². The molecule has 0 bridgehead atoms. The first-order chi connectivity index (χ1) is 12.7. The molecule has 1 heterocycles. The van der Waals surface area contributed by atoms with Crippen LogP contribution in [-0.4, -0.2) is 26.4 Å². The first-order valence-electron chi connectivity index (χ1n) is 8.72. The van der Waals surface area contributed by atoms with Gasteiger partial charge >= 0.3 is 0 Å². The molecule has 4 nitrogen and oxygen atoms in total. The van der Waals surface area contributed by atoms with Gasteiger partial charge in [0.1, 0.15) is 12.4 Å². The van der Waals surface area contributed by atoms with Crippen molar-refractivity contribution >= 4 is 11.6 Å². The maximum Gasteiger partial charge on any atom is 0.163 e. The molecule has 0 aromatic heterocycles. The highest BCUT2D eigenvalue weighted by molar-refractivity contribution is 6.31. The van der Waals surface area contributed by atoms with Crippen LogP contribution in [0.15, 0.2) is 36.4 Å². The summed E-state index contributed by atoms with van der Waals surface area (Å²) < 4.78 is 30.5. The third-order valence-electron chi connectivity index (χ3n) is 4.39. The van der Waals surface area contributed by atoms with Gasteiger partial charge in [0, 0.05) is 36.3 Å². The van der Waals surface area contributed by atoms with Gasteiger partial charge in [-0.3, -0.25) is 0 Å². The zero-order valence-electron chi connectivity index (χ0n) is 14.8. The SMILES string of the molecule is COc1cc(CNCC2CCCO2)c(Cl)cc1OCc1ccccc1F. The number of halogens is 2. The van der Waals surface area contributed by atoms with Crippen molar-refractivity contribution in [3.8, 4) is 11.5 Å². The largest absolute Gasteiger partial charge is 0.493 e. The van der Waals surface area contributed by atoms with Crippen molar-refractivity contribution in [2.45, 2.75) is 32.1 Å². The Hall–Kier alpha value is -1.82. The molecule has 1 unspecified atom stereocenters. The summed E-state index contributed by atoms with van der Waals surface area (Å²) >= 11 is 6.39. The summed E-state index contributed by atoms with van der Waals surface area (Å²) in [7, 11) is 1.57. The maximum atomic E-state index is 13.7. The third-order valence-corrected chi connectivity index (χ3v) is 4.74. The van der Waals surface area contributed by atoms with E-state index in [0.29, 0.717) is 28.6 Å². The smallest absolute Gasteiger partial charge is 0.163 e. The van der Waals surface area contributed by atoms with E-state index in [1.54, 1.807) is 31.4 Å². The number of ether oxygens (including phenoxy) is 3. The molecular weight excluding hydrogens is 357 g/mol. The second-order valence-electron chi connectivity index (χ2n) is 6.24. The van der Waals surface area contributed by atoms with Gasteiger partial charge in [0.05, 0.1) is 13.2 Å². The van der Waals surface area contributed by atoms with E-state index in [-0.39, 0.29) is 18.5 Å². The molecule has 2 aromatic carbocycles. The van der Waals surface area contributed by atoms with Crippen LogP contribution < -0.4 is 14.8 Å². The zero-order valence-corrected chi connectivity index (χ0v) is 15.5. The van der Waals surface area contributed by atoms with Crippen molar-refractivity contribution < 1.29 is 18.6 Å². The molecule has 0 aliphatic carbocycles. The average molecular weight is 380 g/mol. The highest BCUT2D eigenvalue weighted by Gasteiger charge is 2.16. The molecule has 1 atom stereocenters. The van der Waals surface area contributed by atoms with Crippen LogP contribution in [-0.2, 0) is 17.9 Å². The highest BCUT2D eigenvalue weighted by atomic mass is 35.5. The fraction of sp³-hybridized carbons (Fsp3) is 0.400. The Labute approximate surface area is 158 Å². The van der Waals surface area contributed by atoms with Crippen molar-refractivity contribution in [1.82, 2.24) is 5.32 Å². The van der Waals surface area contributed by atoms with Gasteiger partial charge in [-0.2, -0.15) is 0 Å². The predicted octanol–water partition coefficient (Wildman–Crippen LogP) is 4.34. The Balaban J connectivity index is 1.63. The predicted molar refractivity (Wildman–Crippen MR) is 99.4 cm³/mol. The Morgan fingerprint density at radius 1 is 1.23 bits per heavy atom. The average Bonchev–Trinajstić information content (AvgIpc) is 3.16. The standard InChI is InChI=1S/C20H23ClFNO3/c1-24-19-9-15(11-23-12-16-6-4-8-25-16)17(21)10-20(19)26-13-14-5-2-3-7-18(14)22/h2-3,5,7,9-10,16,23H,4,6,8,11-13H2,1H3. The molecule has 1 aliphatic heterocycles. The first-order valence-corrected chi connectivity index (χ1v) is 9.10. The lowest BCUT2D eigenvalue weighted by atomic mass is 10.1. The number of hydrogen-bond acceptors (Lipinski definition) is 4. The summed E-state index contributed by atoms with van der Waals surface area (Å²) in [5.74, 6) is 0.760. The lowest BCUT2D eigenvalue weighted by Gasteiger charge is -2.15. The van der Waals surface area contributed by atoms with Crippen molar-refractivity contribution in [3.05, 3.63) is 58.4 Å². The molecule has 26 heavy (non-hydrogen) atoms. The van der Waals surface area contributed by atoms with Crippen LogP contribution in [0.2, 0.25) is 5.02 Å². The quantitative estimate of drug-likeness (QED) is 0.740. The molecule has 6 heteroatoms. The molecule has 1 N–H and O–H groups in total. The van der Waals surface area contributed by atoms with E-state index in [2.05, 4.69) is 5.32 Å². The molecule has 1 aliphatic rings. The molecule has 0 spiro atoms. The Bertz CT molecular complexity index is 735. The molecule has 1 saturated heterocycles. The van der Waals surface area contributed by atoms with Gasteiger partial charge in [0.15, 0.2) is 11.5 Å². The van der Waals surface area contributed by atoms with Crippen LogP contribution in [0.25, 0.3) is 0 Å². The second kappa shape index (κ2) is 9.21. The third kappa shape index (κ3) is 4.87. The summed E-state index contributed by atoms with van der Waals surface area (Å²) in [4.78, 5) is 0. The molecule has 0 amide bonds. The molecular formula is C20H23ClFNO3. The Kier molecular flexibility index (Phi) is 6.72. The molecule has 1 fully saturated rings. The van der Waals surface area contributed by atoms with Crippen molar-refractivity contribution in [1.29, 1.82) is 0 Å². The number of rotatable bonds is 8. The van der Waals surface area contributed by atoms with Crippen LogP contribution in [0.4, 0.5) is 4.39 Å². The van der Waals surface area contributed by atoms with E-state index in [1.807, 2.05) is 6.07 Å². The lowest BCUT2D eigenvalue weighted by molar-refractivity contribution is 0.110. The van der Waals surface area contributed by atoms with Crippen LogP contribution in [0.5, 0.6) is 11.5 Å². The fourth-order valence-electron chi connectivity index (χ4n) is 2.93. The van der Waals surface area contributed by atoms with Gasteiger partial charge in [-0.25, -0.2) is 4.39 Å².